The average Bonchev–Trinajstić information content (AvgIpc) is 2.81. The molecular formula is C15H15ClN2O2S. The van der Waals surface area contributed by atoms with Gasteiger partial charge in [-0.05, 0) is 60.4 Å². The summed E-state index contributed by atoms with van der Waals surface area (Å²) in [6, 6.07) is 11.5. The predicted octanol–water partition coefficient (Wildman–Crippen LogP) is 2.89. The number of anilines is 1. The summed E-state index contributed by atoms with van der Waals surface area (Å²) in [6.07, 6.45) is 1.57. The van der Waals surface area contributed by atoms with E-state index in [1.165, 1.54) is 12.1 Å². The second-order valence-corrected chi connectivity index (χ2v) is 7.28. The van der Waals surface area contributed by atoms with E-state index in [1.54, 1.807) is 18.2 Å². The Morgan fingerprint density at radius 1 is 1.14 bits per heavy atom. The molecule has 4 nitrogen and oxygen atoms in total. The van der Waals surface area contributed by atoms with E-state index in [0.717, 1.165) is 24.0 Å². The number of rotatable bonds is 3. The molecule has 2 aromatic carbocycles. The summed E-state index contributed by atoms with van der Waals surface area (Å²) < 4.78 is 27.5. The predicted molar refractivity (Wildman–Crippen MR) is 83.7 cm³/mol. The molecule has 0 bridgehead atoms. The van der Waals surface area contributed by atoms with Gasteiger partial charge in [0.05, 0.1) is 4.90 Å². The van der Waals surface area contributed by atoms with E-state index in [9.17, 15) is 8.42 Å². The highest BCUT2D eigenvalue weighted by atomic mass is 35.5. The van der Waals surface area contributed by atoms with Crippen molar-refractivity contribution < 1.29 is 8.42 Å². The molecule has 0 saturated heterocycles. The number of benzene rings is 2. The Labute approximate surface area is 129 Å². The molecule has 0 aromatic heterocycles. The lowest BCUT2D eigenvalue weighted by Crippen LogP contribution is -2.27. The minimum atomic E-state index is -3.55. The van der Waals surface area contributed by atoms with E-state index in [-0.39, 0.29) is 10.9 Å². The first-order valence-electron chi connectivity index (χ1n) is 6.62. The molecule has 0 heterocycles. The first kappa shape index (κ1) is 14.4. The molecule has 3 rings (SSSR count). The van der Waals surface area contributed by atoms with E-state index < -0.39 is 10.0 Å². The first-order valence-corrected chi connectivity index (χ1v) is 8.48. The molecule has 1 aliphatic carbocycles. The summed E-state index contributed by atoms with van der Waals surface area (Å²) in [5, 5.41) is 0.510. The van der Waals surface area contributed by atoms with E-state index in [2.05, 4.69) is 4.72 Å². The Morgan fingerprint density at radius 3 is 2.57 bits per heavy atom. The average molecular weight is 323 g/mol. The van der Waals surface area contributed by atoms with Crippen molar-refractivity contribution in [3.8, 4) is 0 Å². The zero-order valence-corrected chi connectivity index (χ0v) is 12.8. The van der Waals surface area contributed by atoms with Crippen LogP contribution in [0.3, 0.4) is 0 Å². The lowest BCUT2D eigenvalue weighted by Gasteiger charge is -2.14. The van der Waals surface area contributed by atoms with Crippen LogP contribution in [0.2, 0.25) is 5.02 Å². The van der Waals surface area contributed by atoms with Crippen molar-refractivity contribution in [3.63, 3.8) is 0 Å². The Bertz CT molecular complexity index is 773. The molecular weight excluding hydrogens is 308 g/mol. The number of halogens is 1. The molecule has 1 atom stereocenters. The van der Waals surface area contributed by atoms with E-state index in [4.69, 9.17) is 17.3 Å². The third kappa shape index (κ3) is 2.90. The van der Waals surface area contributed by atoms with Gasteiger partial charge in [-0.2, -0.15) is 0 Å². The highest BCUT2D eigenvalue weighted by Gasteiger charge is 2.27. The highest BCUT2D eigenvalue weighted by Crippen LogP contribution is 2.33. The molecule has 21 heavy (non-hydrogen) atoms. The van der Waals surface area contributed by atoms with Gasteiger partial charge >= 0.3 is 0 Å². The number of nitrogens with one attached hydrogen (secondary N) is 1. The Hall–Kier alpha value is -1.56. The fraction of sp³-hybridized carbons (Fsp3) is 0.200. The summed E-state index contributed by atoms with van der Waals surface area (Å²) in [5.74, 6) is 0. The topological polar surface area (TPSA) is 72.2 Å². The van der Waals surface area contributed by atoms with Gasteiger partial charge in [0.15, 0.2) is 0 Å². The smallest absolute Gasteiger partial charge is 0.241 e. The molecule has 0 radical (unpaired) electrons. The van der Waals surface area contributed by atoms with Gasteiger partial charge in [-0.15, -0.1) is 0 Å². The van der Waals surface area contributed by atoms with E-state index >= 15 is 0 Å². The second kappa shape index (κ2) is 5.33. The third-order valence-electron chi connectivity index (χ3n) is 3.67. The van der Waals surface area contributed by atoms with Crippen LogP contribution in [-0.2, 0) is 16.4 Å². The van der Waals surface area contributed by atoms with Gasteiger partial charge in [0, 0.05) is 16.8 Å². The summed E-state index contributed by atoms with van der Waals surface area (Å²) in [4.78, 5) is 0.218. The molecule has 0 spiro atoms. The molecule has 0 saturated carbocycles. The van der Waals surface area contributed by atoms with Crippen LogP contribution >= 0.6 is 11.6 Å². The van der Waals surface area contributed by atoms with Crippen molar-refractivity contribution in [2.45, 2.75) is 23.8 Å². The fourth-order valence-electron chi connectivity index (χ4n) is 2.63. The molecule has 0 amide bonds. The summed E-state index contributed by atoms with van der Waals surface area (Å²) in [5.41, 5.74) is 8.57. The maximum atomic E-state index is 12.4. The third-order valence-corrected chi connectivity index (χ3v) is 5.41. The number of hydrogen-bond acceptors (Lipinski definition) is 3. The van der Waals surface area contributed by atoms with Crippen LogP contribution in [0.1, 0.15) is 23.6 Å². The van der Waals surface area contributed by atoms with Crippen molar-refractivity contribution in [1.82, 2.24) is 4.72 Å². The van der Waals surface area contributed by atoms with Crippen molar-refractivity contribution >= 4 is 27.3 Å². The summed E-state index contributed by atoms with van der Waals surface area (Å²) >= 11 is 5.79. The standard InChI is InChI=1S/C15H15ClN2O2S/c16-11-2-5-13(6-3-11)21(19,20)18-15-8-1-10-9-12(17)4-7-14(10)15/h2-7,9,15,18H,1,8,17H2. The zero-order valence-electron chi connectivity index (χ0n) is 11.2. The molecule has 1 aliphatic rings. The Kier molecular flexibility index (Phi) is 3.65. The Balaban J connectivity index is 1.86. The zero-order chi connectivity index (χ0) is 15.0. The van der Waals surface area contributed by atoms with Gasteiger partial charge in [-0.1, -0.05) is 17.7 Å². The van der Waals surface area contributed by atoms with Crippen LogP contribution in [-0.4, -0.2) is 8.42 Å². The minimum absolute atomic E-state index is 0.207. The first-order chi connectivity index (χ1) is 9.95. The summed E-state index contributed by atoms with van der Waals surface area (Å²) in [7, 11) is -3.55. The van der Waals surface area contributed by atoms with Gasteiger partial charge in [-0.25, -0.2) is 13.1 Å². The maximum absolute atomic E-state index is 12.4. The van der Waals surface area contributed by atoms with Crippen molar-refractivity contribution in [2.24, 2.45) is 0 Å². The van der Waals surface area contributed by atoms with Crippen LogP contribution in [0.5, 0.6) is 0 Å². The van der Waals surface area contributed by atoms with Gasteiger partial charge in [0.1, 0.15) is 0 Å². The van der Waals surface area contributed by atoms with Gasteiger partial charge in [0.25, 0.3) is 0 Å². The molecule has 0 aliphatic heterocycles. The lowest BCUT2D eigenvalue weighted by atomic mass is 10.1. The lowest BCUT2D eigenvalue weighted by molar-refractivity contribution is 0.554. The SMILES string of the molecule is Nc1ccc2c(c1)CCC2NS(=O)(=O)c1ccc(Cl)cc1. The maximum Gasteiger partial charge on any atom is 0.241 e. The monoisotopic (exact) mass is 322 g/mol. The quantitative estimate of drug-likeness (QED) is 0.853. The fourth-order valence-corrected chi connectivity index (χ4v) is 4.00. The van der Waals surface area contributed by atoms with Crippen LogP contribution in [0.4, 0.5) is 5.69 Å². The number of fused-ring (bicyclic) bond motifs is 1. The molecule has 6 heteroatoms. The highest BCUT2D eigenvalue weighted by molar-refractivity contribution is 7.89. The number of nitrogen functional groups attached to an aromatic ring is 1. The van der Waals surface area contributed by atoms with Crippen LogP contribution in [0.15, 0.2) is 47.4 Å². The number of sulfonamides is 1. The van der Waals surface area contributed by atoms with Gasteiger partial charge < -0.3 is 5.73 Å². The van der Waals surface area contributed by atoms with Crippen LogP contribution in [0, 0.1) is 0 Å². The number of aryl methyl sites for hydroxylation is 1. The van der Waals surface area contributed by atoms with E-state index in [1.807, 2.05) is 12.1 Å². The van der Waals surface area contributed by atoms with Gasteiger partial charge in [-0.3, -0.25) is 0 Å². The molecule has 110 valence electrons. The van der Waals surface area contributed by atoms with Crippen LogP contribution < -0.4 is 10.5 Å². The minimum Gasteiger partial charge on any atom is -0.399 e. The normalized spacial score (nSPS) is 17.7. The van der Waals surface area contributed by atoms with Crippen molar-refractivity contribution in [3.05, 3.63) is 58.6 Å². The molecule has 0 fully saturated rings. The van der Waals surface area contributed by atoms with Gasteiger partial charge in [0.2, 0.25) is 10.0 Å². The summed E-state index contributed by atoms with van der Waals surface area (Å²) in [6.45, 7) is 0. The number of hydrogen-bond donors (Lipinski definition) is 2. The van der Waals surface area contributed by atoms with Crippen molar-refractivity contribution in [2.75, 3.05) is 5.73 Å². The molecule has 3 N–H and O–H groups in total. The van der Waals surface area contributed by atoms with Crippen molar-refractivity contribution in [1.29, 1.82) is 0 Å². The Morgan fingerprint density at radius 2 is 1.86 bits per heavy atom. The second-order valence-electron chi connectivity index (χ2n) is 5.12. The molecule has 2 aromatic rings. The number of nitrogens with two attached hydrogens (primary N) is 1. The van der Waals surface area contributed by atoms with E-state index in [0.29, 0.717) is 10.7 Å². The largest absolute Gasteiger partial charge is 0.399 e. The van der Waals surface area contributed by atoms with Crippen LogP contribution in [0.25, 0.3) is 0 Å². The molecule has 1 unspecified atom stereocenters.